The molecule has 0 bridgehead atoms. The van der Waals surface area contributed by atoms with Gasteiger partial charge in [0.15, 0.2) is 8.32 Å². The summed E-state index contributed by atoms with van der Waals surface area (Å²) in [4.78, 5) is 12.4. The SMILES string of the molecule is CCOC(=O)/C=C/[C@H](O[Si](CC)(CC)CC)[C@@H](NS(=O)(=O)c1ccccc1C)c1ccccc1. The highest BCUT2D eigenvalue weighted by atomic mass is 32.2. The number of aryl methyl sites for hydroxylation is 1. The predicted molar refractivity (Wildman–Crippen MR) is 139 cm³/mol. The standard InChI is InChI=1S/C26H37NO5SSi/c1-6-31-25(28)20-19-23(32-34(7-2,8-3)9-4)26(22-16-11-10-12-17-22)27-33(29,30)24-18-14-13-15-21(24)5/h10-20,23,26-27H,6-9H2,1-5H3/b20-19+/t23-,26-/m0/s1. The van der Waals surface area contributed by atoms with Gasteiger partial charge in [-0.2, -0.15) is 0 Å². The maximum Gasteiger partial charge on any atom is 0.330 e. The first-order valence-electron chi connectivity index (χ1n) is 11.9. The third-order valence-electron chi connectivity index (χ3n) is 6.18. The van der Waals surface area contributed by atoms with Crippen LogP contribution in [-0.2, 0) is 24.0 Å². The molecule has 0 amide bonds. The van der Waals surface area contributed by atoms with Gasteiger partial charge in [-0.3, -0.25) is 0 Å². The lowest BCUT2D eigenvalue weighted by Crippen LogP contribution is -2.45. The van der Waals surface area contributed by atoms with Crippen LogP contribution in [0.4, 0.5) is 0 Å². The minimum absolute atomic E-state index is 0.217. The molecule has 2 atom stereocenters. The summed E-state index contributed by atoms with van der Waals surface area (Å²) in [6.07, 6.45) is 2.29. The van der Waals surface area contributed by atoms with E-state index in [-0.39, 0.29) is 11.5 Å². The van der Waals surface area contributed by atoms with E-state index in [1.165, 1.54) is 6.08 Å². The van der Waals surface area contributed by atoms with Crippen LogP contribution >= 0.6 is 0 Å². The van der Waals surface area contributed by atoms with Gasteiger partial charge in [-0.15, -0.1) is 0 Å². The van der Waals surface area contributed by atoms with Gasteiger partial charge < -0.3 is 9.16 Å². The van der Waals surface area contributed by atoms with E-state index in [1.54, 1.807) is 44.2 Å². The number of ether oxygens (including phenoxy) is 1. The van der Waals surface area contributed by atoms with E-state index < -0.39 is 36.5 Å². The molecule has 8 heteroatoms. The van der Waals surface area contributed by atoms with Crippen LogP contribution in [0, 0.1) is 6.92 Å². The van der Waals surface area contributed by atoms with Gasteiger partial charge in [0.25, 0.3) is 0 Å². The lowest BCUT2D eigenvalue weighted by molar-refractivity contribution is -0.137. The van der Waals surface area contributed by atoms with E-state index in [9.17, 15) is 13.2 Å². The Bertz CT molecular complexity index is 1040. The van der Waals surface area contributed by atoms with Gasteiger partial charge >= 0.3 is 5.97 Å². The first-order chi connectivity index (χ1) is 16.2. The Morgan fingerprint density at radius 3 is 2.12 bits per heavy atom. The predicted octanol–water partition coefficient (Wildman–Crippen LogP) is 5.52. The maximum atomic E-state index is 13.5. The van der Waals surface area contributed by atoms with Crippen molar-refractivity contribution in [3.63, 3.8) is 0 Å². The number of hydrogen-bond acceptors (Lipinski definition) is 5. The van der Waals surface area contributed by atoms with Gasteiger partial charge in [0.1, 0.15) is 0 Å². The molecule has 0 fully saturated rings. The number of esters is 1. The number of carbonyl (C=O) groups excluding carboxylic acids is 1. The summed E-state index contributed by atoms with van der Waals surface area (Å²) >= 11 is 0. The van der Waals surface area contributed by atoms with E-state index >= 15 is 0 Å². The third kappa shape index (κ3) is 7.37. The molecule has 0 aliphatic rings. The fourth-order valence-electron chi connectivity index (χ4n) is 3.94. The van der Waals surface area contributed by atoms with Gasteiger partial charge in [0.05, 0.1) is 23.6 Å². The average Bonchev–Trinajstić information content (AvgIpc) is 2.84. The largest absolute Gasteiger partial charge is 0.463 e. The molecular formula is C26H37NO5SSi. The zero-order chi connectivity index (χ0) is 25.2. The van der Waals surface area contributed by atoms with Crippen molar-refractivity contribution in [1.29, 1.82) is 0 Å². The van der Waals surface area contributed by atoms with Crippen molar-refractivity contribution in [2.45, 2.75) is 69.8 Å². The molecule has 0 aliphatic heterocycles. The highest BCUT2D eigenvalue weighted by Crippen LogP contribution is 2.31. The number of carbonyl (C=O) groups is 1. The summed E-state index contributed by atoms with van der Waals surface area (Å²) in [5, 5.41) is 0. The molecule has 34 heavy (non-hydrogen) atoms. The molecule has 0 heterocycles. The zero-order valence-corrected chi connectivity index (χ0v) is 22.6. The second kappa shape index (κ2) is 13.0. The van der Waals surface area contributed by atoms with Crippen LogP contribution in [0.25, 0.3) is 0 Å². The fourth-order valence-corrected chi connectivity index (χ4v) is 8.22. The maximum absolute atomic E-state index is 13.5. The first-order valence-corrected chi connectivity index (χ1v) is 15.9. The molecule has 0 spiro atoms. The summed E-state index contributed by atoms with van der Waals surface area (Å²) in [5.41, 5.74) is 1.41. The second-order valence-corrected chi connectivity index (χ2v) is 14.6. The van der Waals surface area contributed by atoms with Gasteiger partial charge in [0, 0.05) is 6.08 Å². The smallest absolute Gasteiger partial charge is 0.330 e. The van der Waals surface area contributed by atoms with Crippen LogP contribution in [0.1, 0.15) is 44.9 Å². The molecule has 0 aromatic heterocycles. The summed E-state index contributed by atoms with van der Waals surface area (Å²) in [6.45, 7) is 10.1. The van der Waals surface area contributed by atoms with Crippen LogP contribution in [-0.4, -0.2) is 35.4 Å². The summed E-state index contributed by atoms with van der Waals surface area (Å²) in [7, 11) is -6.04. The van der Waals surface area contributed by atoms with Crippen molar-refractivity contribution in [3.8, 4) is 0 Å². The number of nitrogens with one attached hydrogen (secondary N) is 1. The molecule has 6 nitrogen and oxygen atoms in total. The highest BCUT2D eigenvalue weighted by molar-refractivity contribution is 7.89. The van der Waals surface area contributed by atoms with E-state index in [0.29, 0.717) is 5.56 Å². The Morgan fingerprint density at radius 2 is 1.56 bits per heavy atom. The zero-order valence-electron chi connectivity index (χ0n) is 20.8. The lowest BCUT2D eigenvalue weighted by Gasteiger charge is -2.36. The van der Waals surface area contributed by atoms with Gasteiger partial charge in [-0.1, -0.05) is 69.3 Å². The normalized spacial score (nSPS) is 14.1. The summed E-state index contributed by atoms with van der Waals surface area (Å²) in [5.74, 6) is -0.485. The molecule has 0 saturated heterocycles. The van der Waals surface area contributed by atoms with E-state index in [0.717, 1.165) is 23.7 Å². The monoisotopic (exact) mass is 503 g/mol. The Balaban J connectivity index is 2.59. The van der Waals surface area contributed by atoms with Gasteiger partial charge in [-0.25, -0.2) is 17.9 Å². The van der Waals surface area contributed by atoms with Crippen LogP contribution < -0.4 is 4.72 Å². The molecule has 1 N–H and O–H groups in total. The number of hydrogen-bond donors (Lipinski definition) is 1. The molecule has 186 valence electrons. The lowest BCUT2D eigenvalue weighted by atomic mass is 10.0. The van der Waals surface area contributed by atoms with Crippen LogP contribution in [0.2, 0.25) is 18.1 Å². The van der Waals surface area contributed by atoms with E-state index in [1.807, 2.05) is 30.3 Å². The summed E-state index contributed by atoms with van der Waals surface area (Å²) < 4.78 is 41.7. The Labute approximate surface area is 205 Å². The average molecular weight is 504 g/mol. The third-order valence-corrected chi connectivity index (χ3v) is 12.4. The molecule has 0 unspecified atom stereocenters. The van der Waals surface area contributed by atoms with Crippen molar-refractivity contribution in [2.24, 2.45) is 0 Å². The number of benzene rings is 2. The quantitative estimate of drug-likeness (QED) is 0.221. The van der Waals surface area contributed by atoms with Crippen LogP contribution in [0.5, 0.6) is 0 Å². The number of rotatable bonds is 13. The number of sulfonamides is 1. The molecule has 2 aromatic carbocycles. The van der Waals surface area contributed by atoms with Crippen molar-refractivity contribution in [1.82, 2.24) is 4.72 Å². The Morgan fingerprint density at radius 1 is 0.971 bits per heavy atom. The van der Waals surface area contributed by atoms with Crippen molar-refractivity contribution >= 4 is 24.3 Å². The van der Waals surface area contributed by atoms with Crippen LogP contribution in [0.15, 0.2) is 71.6 Å². The van der Waals surface area contributed by atoms with Crippen LogP contribution in [0.3, 0.4) is 0 Å². The highest BCUT2D eigenvalue weighted by Gasteiger charge is 2.36. The minimum atomic E-state index is -3.87. The summed E-state index contributed by atoms with van der Waals surface area (Å²) in [6, 6.07) is 18.1. The van der Waals surface area contributed by atoms with E-state index in [2.05, 4.69) is 25.5 Å². The molecular weight excluding hydrogens is 466 g/mol. The molecule has 0 radical (unpaired) electrons. The molecule has 2 aromatic rings. The topological polar surface area (TPSA) is 81.7 Å². The Kier molecular flexibility index (Phi) is 10.7. The minimum Gasteiger partial charge on any atom is -0.463 e. The van der Waals surface area contributed by atoms with Crippen molar-refractivity contribution in [3.05, 3.63) is 77.9 Å². The molecule has 0 aliphatic carbocycles. The Hall–Kier alpha value is -2.26. The van der Waals surface area contributed by atoms with Gasteiger partial charge in [-0.05, 0) is 55.2 Å². The van der Waals surface area contributed by atoms with Crippen molar-refractivity contribution < 1.29 is 22.4 Å². The molecule has 2 rings (SSSR count). The molecule has 0 saturated carbocycles. The fraction of sp³-hybridized carbons (Fsp3) is 0.423. The first kappa shape index (κ1) is 28.0. The van der Waals surface area contributed by atoms with Crippen molar-refractivity contribution in [2.75, 3.05) is 6.61 Å². The second-order valence-electron chi connectivity index (χ2n) is 8.21. The van der Waals surface area contributed by atoms with E-state index in [4.69, 9.17) is 9.16 Å². The van der Waals surface area contributed by atoms with Gasteiger partial charge in [0.2, 0.25) is 10.0 Å².